The van der Waals surface area contributed by atoms with Crippen molar-refractivity contribution in [1.82, 2.24) is 0 Å². The van der Waals surface area contributed by atoms with E-state index in [9.17, 15) is 27.7 Å². The lowest BCUT2D eigenvalue weighted by molar-refractivity contribution is -0.385. The van der Waals surface area contributed by atoms with E-state index in [1.807, 2.05) is 0 Å². The van der Waals surface area contributed by atoms with E-state index in [0.29, 0.717) is 9.79 Å². The third-order valence-electron chi connectivity index (χ3n) is 3.73. The maximum absolute atomic E-state index is 13.5. The summed E-state index contributed by atoms with van der Waals surface area (Å²) in [6.45, 7) is 0. The average Bonchev–Trinajstić information content (AvgIpc) is 2.63. The van der Waals surface area contributed by atoms with Crippen LogP contribution < -0.4 is 0 Å². The predicted molar refractivity (Wildman–Crippen MR) is 93.1 cm³/mol. The van der Waals surface area contributed by atoms with Gasteiger partial charge < -0.3 is 0 Å². The van der Waals surface area contributed by atoms with Gasteiger partial charge in [-0.1, -0.05) is 18.2 Å². The summed E-state index contributed by atoms with van der Waals surface area (Å²) in [4.78, 5) is 11.2. The van der Waals surface area contributed by atoms with Gasteiger partial charge in [0.05, 0.1) is 11.0 Å². The van der Waals surface area contributed by atoms with Crippen LogP contribution in [-0.4, -0.2) is 4.92 Å². The highest BCUT2D eigenvalue weighted by atomic mass is 32.2. The standard InChI is InChI=1S/C19H12F4NO2S/c20-13-8-10-15(11-9-13)27(16-5-3-4-14(12-16)24(25)26)18-7-2-1-6-17(18)19(21,22)23/h1-12H/q+1. The summed E-state index contributed by atoms with van der Waals surface area (Å²) in [6, 6.07) is 15.6. The fraction of sp³-hybridized carbons (Fsp3) is 0.0526. The molecule has 0 amide bonds. The molecule has 0 aliphatic carbocycles. The molecule has 3 rings (SSSR count). The van der Waals surface area contributed by atoms with Crippen LogP contribution in [0.25, 0.3) is 0 Å². The lowest BCUT2D eigenvalue weighted by Gasteiger charge is -2.13. The van der Waals surface area contributed by atoms with Gasteiger partial charge in [0.25, 0.3) is 5.69 Å². The van der Waals surface area contributed by atoms with Crippen LogP contribution in [0.3, 0.4) is 0 Å². The van der Waals surface area contributed by atoms with E-state index in [1.54, 1.807) is 0 Å². The smallest absolute Gasteiger partial charge is 0.258 e. The number of alkyl halides is 3. The van der Waals surface area contributed by atoms with Gasteiger partial charge in [-0.15, -0.1) is 0 Å². The molecule has 0 bridgehead atoms. The molecular formula is C19H12F4NO2S+. The number of nitrogens with zero attached hydrogens (tertiary/aromatic N) is 1. The van der Waals surface area contributed by atoms with Crippen molar-refractivity contribution < 1.29 is 22.5 Å². The molecule has 0 aromatic heterocycles. The van der Waals surface area contributed by atoms with Gasteiger partial charge in [-0.05, 0) is 42.5 Å². The van der Waals surface area contributed by atoms with Crippen LogP contribution in [0.1, 0.15) is 5.56 Å². The number of halogens is 4. The topological polar surface area (TPSA) is 43.1 Å². The number of nitro groups is 1. The highest BCUT2D eigenvalue weighted by Gasteiger charge is 2.42. The van der Waals surface area contributed by atoms with E-state index in [0.717, 1.165) is 18.2 Å². The van der Waals surface area contributed by atoms with E-state index < -0.39 is 33.4 Å². The molecule has 0 heterocycles. The summed E-state index contributed by atoms with van der Waals surface area (Å²) in [7, 11) is -1.30. The quantitative estimate of drug-likeness (QED) is 0.241. The summed E-state index contributed by atoms with van der Waals surface area (Å²) >= 11 is 0. The molecule has 0 saturated carbocycles. The first-order valence-corrected chi connectivity index (χ1v) is 8.90. The highest BCUT2D eigenvalue weighted by Crippen LogP contribution is 2.40. The largest absolute Gasteiger partial charge is 0.421 e. The van der Waals surface area contributed by atoms with E-state index >= 15 is 0 Å². The number of nitro benzene ring substituents is 1. The molecule has 27 heavy (non-hydrogen) atoms. The maximum atomic E-state index is 13.5. The zero-order valence-electron chi connectivity index (χ0n) is 13.6. The summed E-state index contributed by atoms with van der Waals surface area (Å²) < 4.78 is 54.0. The van der Waals surface area contributed by atoms with E-state index in [-0.39, 0.29) is 10.6 Å². The maximum Gasteiger partial charge on any atom is 0.421 e. The first-order valence-electron chi connectivity index (χ1n) is 7.68. The fourth-order valence-electron chi connectivity index (χ4n) is 2.56. The van der Waals surface area contributed by atoms with Gasteiger partial charge in [0, 0.05) is 6.07 Å². The summed E-state index contributed by atoms with van der Waals surface area (Å²) in [5, 5.41) is 11.1. The number of hydrogen-bond acceptors (Lipinski definition) is 2. The third-order valence-corrected chi connectivity index (χ3v) is 5.99. The molecular weight excluding hydrogens is 382 g/mol. The Kier molecular flexibility index (Phi) is 5.18. The monoisotopic (exact) mass is 394 g/mol. The van der Waals surface area contributed by atoms with Gasteiger partial charge >= 0.3 is 6.18 Å². The molecule has 0 saturated heterocycles. The second kappa shape index (κ2) is 7.40. The Morgan fingerprint density at radius 2 is 1.52 bits per heavy atom. The van der Waals surface area contributed by atoms with E-state index in [4.69, 9.17) is 0 Å². The van der Waals surface area contributed by atoms with Crippen LogP contribution in [0.2, 0.25) is 0 Å². The zero-order chi connectivity index (χ0) is 19.6. The highest BCUT2D eigenvalue weighted by molar-refractivity contribution is 7.97. The van der Waals surface area contributed by atoms with Crippen LogP contribution in [0.5, 0.6) is 0 Å². The third kappa shape index (κ3) is 4.11. The fourth-order valence-corrected chi connectivity index (χ4v) is 4.82. The summed E-state index contributed by atoms with van der Waals surface area (Å²) in [6.07, 6.45) is -4.59. The molecule has 3 aromatic carbocycles. The van der Waals surface area contributed by atoms with Crippen molar-refractivity contribution in [3.63, 3.8) is 0 Å². The molecule has 0 fully saturated rings. The van der Waals surface area contributed by atoms with E-state index in [1.165, 1.54) is 54.6 Å². The van der Waals surface area contributed by atoms with Crippen molar-refractivity contribution >= 4 is 16.6 Å². The Balaban J connectivity index is 2.26. The van der Waals surface area contributed by atoms with Gasteiger partial charge in [0.2, 0.25) is 0 Å². The molecule has 0 spiro atoms. The Hall–Kier alpha value is -2.87. The predicted octanol–water partition coefficient (Wildman–Crippen LogP) is 5.85. The molecule has 8 heteroatoms. The Morgan fingerprint density at radius 1 is 0.852 bits per heavy atom. The second-order valence-corrected chi connectivity index (χ2v) is 7.50. The van der Waals surface area contributed by atoms with Gasteiger partial charge in [-0.25, -0.2) is 4.39 Å². The Bertz CT molecular complexity index is 974. The molecule has 3 aromatic rings. The van der Waals surface area contributed by atoms with Gasteiger partial charge in [-0.2, -0.15) is 13.2 Å². The van der Waals surface area contributed by atoms with Gasteiger partial charge in [0.15, 0.2) is 14.7 Å². The molecule has 0 aliphatic heterocycles. The molecule has 0 N–H and O–H groups in total. The molecule has 1 unspecified atom stereocenters. The second-order valence-electron chi connectivity index (χ2n) is 5.51. The van der Waals surface area contributed by atoms with Crippen molar-refractivity contribution in [2.75, 3.05) is 0 Å². The normalized spacial score (nSPS) is 12.6. The van der Waals surface area contributed by atoms with Crippen LogP contribution in [0.15, 0.2) is 87.5 Å². The number of non-ortho nitro benzene ring substituents is 1. The van der Waals surface area contributed by atoms with E-state index in [2.05, 4.69) is 0 Å². The minimum atomic E-state index is -4.59. The molecule has 3 nitrogen and oxygen atoms in total. The van der Waals surface area contributed by atoms with Crippen molar-refractivity contribution in [3.05, 3.63) is 94.3 Å². The van der Waals surface area contributed by atoms with Crippen LogP contribution in [-0.2, 0) is 17.1 Å². The van der Waals surface area contributed by atoms with Crippen LogP contribution in [0, 0.1) is 15.9 Å². The zero-order valence-corrected chi connectivity index (χ0v) is 14.4. The molecule has 0 aliphatic rings. The van der Waals surface area contributed by atoms with Gasteiger partial charge in [-0.3, -0.25) is 10.1 Å². The first-order chi connectivity index (χ1) is 12.8. The minimum absolute atomic E-state index is 0.0305. The first kappa shape index (κ1) is 18.9. The van der Waals surface area contributed by atoms with Crippen molar-refractivity contribution in [3.8, 4) is 0 Å². The van der Waals surface area contributed by atoms with Crippen LogP contribution >= 0.6 is 0 Å². The number of rotatable bonds is 4. The number of hydrogen-bond donors (Lipinski definition) is 0. The summed E-state index contributed by atoms with van der Waals surface area (Å²) in [5.74, 6) is -0.523. The molecule has 0 radical (unpaired) electrons. The average molecular weight is 394 g/mol. The summed E-state index contributed by atoms with van der Waals surface area (Å²) in [5.41, 5.74) is -1.05. The lowest BCUT2D eigenvalue weighted by atomic mass is 10.2. The van der Waals surface area contributed by atoms with Crippen molar-refractivity contribution in [1.29, 1.82) is 0 Å². The van der Waals surface area contributed by atoms with Crippen LogP contribution in [0.4, 0.5) is 23.2 Å². The van der Waals surface area contributed by atoms with Crippen molar-refractivity contribution in [2.24, 2.45) is 0 Å². The molecule has 1 atom stereocenters. The van der Waals surface area contributed by atoms with Crippen molar-refractivity contribution in [2.45, 2.75) is 20.9 Å². The van der Waals surface area contributed by atoms with Gasteiger partial charge in [0.1, 0.15) is 22.3 Å². The lowest BCUT2D eigenvalue weighted by Crippen LogP contribution is -2.14. The minimum Gasteiger partial charge on any atom is -0.258 e. The Labute approximate surface area is 154 Å². The molecule has 138 valence electrons. The number of benzene rings is 3. The Morgan fingerprint density at radius 3 is 2.15 bits per heavy atom. The SMILES string of the molecule is O=[N+]([O-])c1cccc([S+](c2ccc(F)cc2)c2ccccc2C(F)(F)F)c1.